The Morgan fingerprint density at radius 3 is 2.71 bits per heavy atom. The van der Waals surface area contributed by atoms with Gasteiger partial charge in [-0.05, 0) is 36.2 Å². The maximum absolute atomic E-state index is 12.7. The maximum Gasteiger partial charge on any atom is 0.387 e. The lowest BCUT2D eigenvalue weighted by Gasteiger charge is -2.19. The molecule has 168 valence electrons. The monoisotopic (exact) mass is 546 g/mol. The molecule has 0 unspecified atom stereocenters. The SMILES string of the molecule is CN=C(NCC(=O)N1CCc2ccccc21)NCc1cc(OC)ccc1OC(F)F.I. The van der Waals surface area contributed by atoms with Gasteiger partial charge in [0, 0.05) is 31.4 Å². The molecule has 1 aliphatic heterocycles. The minimum atomic E-state index is -2.93. The van der Waals surface area contributed by atoms with Gasteiger partial charge < -0.3 is 25.0 Å². The van der Waals surface area contributed by atoms with Gasteiger partial charge >= 0.3 is 6.61 Å². The highest BCUT2D eigenvalue weighted by Crippen LogP contribution is 2.27. The molecular weight excluding hydrogens is 521 g/mol. The number of anilines is 1. The van der Waals surface area contributed by atoms with Gasteiger partial charge in [-0.2, -0.15) is 8.78 Å². The highest BCUT2D eigenvalue weighted by atomic mass is 127. The van der Waals surface area contributed by atoms with E-state index in [2.05, 4.69) is 20.4 Å². The molecule has 7 nitrogen and oxygen atoms in total. The fourth-order valence-electron chi connectivity index (χ4n) is 3.28. The molecule has 31 heavy (non-hydrogen) atoms. The number of hydrogen-bond donors (Lipinski definition) is 2. The van der Waals surface area contributed by atoms with E-state index in [1.165, 1.54) is 13.2 Å². The molecule has 2 aromatic rings. The van der Waals surface area contributed by atoms with Crippen molar-refractivity contribution in [2.24, 2.45) is 4.99 Å². The predicted octanol–water partition coefficient (Wildman–Crippen LogP) is 3.17. The van der Waals surface area contributed by atoms with Gasteiger partial charge in [-0.3, -0.25) is 9.79 Å². The lowest BCUT2D eigenvalue weighted by atomic mass is 10.2. The first-order valence-electron chi connectivity index (χ1n) is 9.46. The number of hydrogen-bond acceptors (Lipinski definition) is 4. The van der Waals surface area contributed by atoms with Gasteiger partial charge in [0.15, 0.2) is 5.96 Å². The molecule has 1 amide bonds. The number of rotatable bonds is 7. The first-order chi connectivity index (χ1) is 14.5. The first-order valence-corrected chi connectivity index (χ1v) is 9.46. The molecule has 2 N–H and O–H groups in total. The summed E-state index contributed by atoms with van der Waals surface area (Å²) in [5.41, 5.74) is 2.55. The fraction of sp³-hybridized carbons (Fsp3) is 0.333. The summed E-state index contributed by atoms with van der Waals surface area (Å²) in [6.45, 7) is -2.09. The van der Waals surface area contributed by atoms with E-state index < -0.39 is 6.61 Å². The molecule has 2 aromatic carbocycles. The van der Waals surface area contributed by atoms with Gasteiger partial charge in [0.2, 0.25) is 5.91 Å². The van der Waals surface area contributed by atoms with Crippen molar-refractivity contribution >= 4 is 41.5 Å². The van der Waals surface area contributed by atoms with E-state index in [1.54, 1.807) is 24.1 Å². The van der Waals surface area contributed by atoms with E-state index in [0.29, 0.717) is 23.8 Å². The molecule has 10 heteroatoms. The van der Waals surface area contributed by atoms with Crippen LogP contribution in [0, 0.1) is 0 Å². The molecule has 0 saturated heterocycles. The van der Waals surface area contributed by atoms with Crippen molar-refractivity contribution in [2.45, 2.75) is 19.6 Å². The van der Waals surface area contributed by atoms with Crippen LogP contribution in [0.1, 0.15) is 11.1 Å². The average Bonchev–Trinajstić information content (AvgIpc) is 3.18. The van der Waals surface area contributed by atoms with Crippen LogP contribution < -0.4 is 25.0 Å². The molecule has 0 spiro atoms. The molecule has 0 aromatic heterocycles. The summed E-state index contributed by atoms with van der Waals surface area (Å²) in [6.07, 6.45) is 0.831. The van der Waals surface area contributed by atoms with Crippen LogP contribution in [0.15, 0.2) is 47.5 Å². The third kappa shape index (κ3) is 6.42. The van der Waals surface area contributed by atoms with Gasteiger partial charge in [0.1, 0.15) is 11.5 Å². The summed E-state index contributed by atoms with van der Waals surface area (Å²) in [5.74, 6) is 0.838. The van der Waals surface area contributed by atoms with Gasteiger partial charge in [-0.15, -0.1) is 24.0 Å². The smallest absolute Gasteiger partial charge is 0.387 e. The third-order valence-electron chi connectivity index (χ3n) is 4.75. The van der Waals surface area contributed by atoms with E-state index in [9.17, 15) is 13.6 Å². The van der Waals surface area contributed by atoms with Gasteiger partial charge in [0.05, 0.1) is 13.7 Å². The van der Waals surface area contributed by atoms with Crippen molar-refractivity contribution in [1.29, 1.82) is 0 Å². The average molecular weight is 546 g/mol. The highest BCUT2D eigenvalue weighted by molar-refractivity contribution is 14.0. The number of methoxy groups -OCH3 is 1. The topological polar surface area (TPSA) is 75.2 Å². The van der Waals surface area contributed by atoms with Gasteiger partial charge in [-0.1, -0.05) is 18.2 Å². The number of para-hydroxylation sites is 1. The zero-order valence-electron chi connectivity index (χ0n) is 17.2. The van der Waals surface area contributed by atoms with Crippen molar-refractivity contribution in [2.75, 3.05) is 32.1 Å². The lowest BCUT2D eigenvalue weighted by molar-refractivity contribution is -0.117. The Morgan fingerprint density at radius 1 is 1.23 bits per heavy atom. The van der Waals surface area contributed by atoms with E-state index in [-0.39, 0.29) is 48.7 Å². The Balaban J connectivity index is 0.00000341. The number of aliphatic imine (C=N–C) groups is 1. The molecule has 0 saturated carbocycles. The van der Waals surface area contributed by atoms with E-state index in [0.717, 1.165) is 17.7 Å². The largest absolute Gasteiger partial charge is 0.497 e. The molecule has 1 aliphatic rings. The number of halogens is 3. The Bertz CT molecular complexity index is 927. The highest BCUT2D eigenvalue weighted by Gasteiger charge is 2.24. The number of nitrogens with zero attached hydrogens (tertiary/aromatic N) is 2. The summed E-state index contributed by atoms with van der Waals surface area (Å²) in [4.78, 5) is 18.4. The minimum absolute atomic E-state index is 0. The number of alkyl halides is 2. The number of carbonyl (C=O) groups is 1. The second-order valence-electron chi connectivity index (χ2n) is 6.56. The van der Waals surface area contributed by atoms with Crippen LogP contribution in [0.25, 0.3) is 0 Å². The number of benzene rings is 2. The first kappa shape index (κ1) is 24.6. The summed E-state index contributed by atoms with van der Waals surface area (Å²) in [6, 6.07) is 12.4. The minimum Gasteiger partial charge on any atom is -0.497 e. The van der Waals surface area contributed by atoms with Crippen molar-refractivity contribution in [3.63, 3.8) is 0 Å². The Labute approximate surface area is 196 Å². The van der Waals surface area contributed by atoms with Crippen LogP contribution in [0.4, 0.5) is 14.5 Å². The molecule has 0 atom stereocenters. The maximum atomic E-state index is 12.7. The number of carbonyl (C=O) groups excluding carboxylic acids is 1. The number of fused-ring (bicyclic) bond motifs is 1. The molecule has 0 bridgehead atoms. The van der Waals surface area contributed by atoms with Crippen molar-refractivity contribution < 1.29 is 23.0 Å². The summed E-state index contributed by atoms with van der Waals surface area (Å²) in [7, 11) is 3.05. The van der Waals surface area contributed by atoms with Gasteiger partial charge in [-0.25, -0.2) is 0 Å². The van der Waals surface area contributed by atoms with E-state index in [1.807, 2.05) is 24.3 Å². The molecule has 0 radical (unpaired) electrons. The molecule has 0 aliphatic carbocycles. The summed E-state index contributed by atoms with van der Waals surface area (Å²) in [5, 5.41) is 5.97. The number of amides is 1. The number of ether oxygens (including phenoxy) is 2. The normalized spacial score (nSPS) is 12.8. The fourth-order valence-corrected chi connectivity index (χ4v) is 3.28. The van der Waals surface area contributed by atoms with Crippen LogP contribution in [-0.2, 0) is 17.8 Å². The molecular formula is C21H25F2IN4O3. The summed E-state index contributed by atoms with van der Waals surface area (Å²) >= 11 is 0. The number of guanidine groups is 1. The van der Waals surface area contributed by atoms with Gasteiger partial charge in [0.25, 0.3) is 0 Å². The van der Waals surface area contributed by atoms with Crippen molar-refractivity contribution in [3.8, 4) is 11.5 Å². The van der Waals surface area contributed by atoms with Crippen LogP contribution >= 0.6 is 24.0 Å². The molecule has 3 rings (SSSR count). The predicted molar refractivity (Wildman–Crippen MR) is 126 cm³/mol. The van der Waals surface area contributed by atoms with Crippen LogP contribution in [-0.4, -0.2) is 45.7 Å². The third-order valence-corrected chi connectivity index (χ3v) is 4.75. The quantitative estimate of drug-likeness (QED) is 0.317. The van der Waals surface area contributed by atoms with Crippen LogP contribution in [0.3, 0.4) is 0 Å². The second-order valence-corrected chi connectivity index (χ2v) is 6.56. The van der Waals surface area contributed by atoms with Crippen LogP contribution in [0.2, 0.25) is 0 Å². The Hall–Kier alpha value is -2.63. The lowest BCUT2D eigenvalue weighted by Crippen LogP contribution is -2.44. The summed E-state index contributed by atoms with van der Waals surface area (Å²) < 4.78 is 35.0. The molecule has 1 heterocycles. The standard InChI is InChI=1S/C21H24F2N4O3.HI/c1-24-21(25-12-15-11-16(29-2)7-8-18(15)30-20(22)23)26-13-19(28)27-10-9-14-5-3-4-6-17(14)27;/h3-8,11,20H,9-10,12-13H2,1-2H3,(H2,24,25,26);1H. The Morgan fingerprint density at radius 2 is 2.00 bits per heavy atom. The van der Waals surface area contributed by atoms with Crippen LogP contribution in [0.5, 0.6) is 11.5 Å². The van der Waals surface area contributed by atoms with E-state index >= 15 is 0 Å². The van der Waals surface area contributed by atoms with Crippen molar-refractivity contribution in [1.82, 2.24) is 10.6 Å². The Kier molecular flexibility index (Phi) is 9.28. The van der Waals surface area contributed by atoms with E-state index in [4.69, 9.17) is 4.74 Å². The van der Waals surface area contributed by atoms with Crippen molar-refractivity contribution in [3.05, 3.63) is 53.6 Å². The second kappa shape index (κ2) is 11.7. The zero-order valence-corrected chi connectivity index (χ0v) is 19.6. The molecule has 0 fully saturated rings. The number of nitrogens with one attached hydrogen (secondary N) is 2. The zero-order chi connectivity index (χ0) is 21.5.